The molecule has 0 aromatic heterocycles. The van der Waals surface area contributed by atoms with E-state index in [2.05, 4.69) is 11.8 Å². The molecule has 0 saturated carbocycles. The molecule has 1 aromatic carbocycles. The fraction of sp³-hybridized carbons (Fsp3) is 0.500. The van der Waals surface area contributed by atoms with Gasteiger partial charge in [0.2, 0.25) is 5.91 Å². The molecule has 4 heteroatoms. The average molecular weight is 248 g/mol. The summed E-state index contributed by atoms with van der Waals surface area (Å²) in [5.74, 6) is 0.106. The number of rotatable bonds is 4. The van der Waals surface area contributed by atoms with Crippen molar-refractivity contribution < 1.29 is 9.90 Å². The van der Waals surface area contributed by atoms with Gasteiger partial charge in [-0.25, -0.2) is 0 Å². The van der Waals surface area contributed by atoms with E-state index in [0.717, 1.165) is 18.5 Å². The first-order chi connectivity index (χ1) is 8.63. The molecule has 0 spiro atoms. The Balaban J connectivity index is 2.17. The Morgan fingerprint density at radius 2 is 2.22 bits per heavy atom. The van der Waals surface area contributed by atoms with E-state index in [1.54, 1.807) is 6.07 Å². The molecule has 2 unspecified atom stereocenters. The smallest absolute Gasteiger partial charge is 0.249 e. The number of aliphatic hydroxyl groups is 1. The molecule has 98 valence electrons. The number of nitrogens with two attached hydrogens (primary N) is 1. The van der Waals surface area contributed by atoms with Crippen LogP contribution in [0.1, 0.15) is 29.3 Å². The molecule has 1 aromatic rings. The summed E-state index contributed by atoms with van der Waals surface area (Å²) in [5, 5.41) is 9.43. The second-order valence-electron chi connectivity index (χ2n) is 5.01. The first-order valence-electron chi connectivity index (χ1n) is 6.36. The van der Waals surface area contributed by atoms with Crippen molar-refractivity contribution in [3.8, 4) is 0 Å². The average Bonchev–Trinajstić information content (AvgIpc) is 2.70. The summed E-state index contributed by atoms with van der Waals surface area (Å²) in [6.45, 7) is 3.95. The summed E-state index contributed by atoms with van der Waals surface area (Å²) in [4.78, 5) is 13.6. The van der Waals surface area contributed by atoms with Crippen LogP contribution in [0.2, 0.25) is 0 Å². The lowest BCUT2D eigenvalue weighted by Gasteiger charge is -2.25. The SMILES string of the molecule is CC1CCN(Cc2ccccc2C(N)=O)C1CO. The predicted octanol–water partition coefficient (Wildman–Crippen LogP) is 0.988. The van der Waals surface area contributed by atoms with Crippen molar-refractivity contribution >= 4 is 5.91 Å². The van der Waals surface area contributed by atoms with E-state index < -0.39 is 5.91 Å². The molecule has 1 fully saturated rings. The largest absolute Gasteiger partial charge is 0.395 e. The third-order valence-electron chi connectivity index (χ3n) is 3.84. The van der Waals surface area contributed by atoms with Crippen LogP contribution in [0.5, 0.6) is 0 Å². The molecule has 1 heterocycles. The summed E-state index contributed by atoms with van der Waals surface area (Å²) in [6, 6.07) is 7.60. The molecule has 0 radical (unpaired) electrons. The first kappa shape index (κ1) is 13.1. The summed E-state index contributed by atoms with van der Waals surface area (Å²) >= 11 is 0. The fourth-order valence-corrected chi connectivity index (χ4v) is 2.70. The number of amides is 1. The van der Waals surface area contributed by atoms with Crippen molar-refractivity contribution in [2.75, 3.05) is 13.2 Å². The maximum atomic E-state index is 11.4. The van der Waals surface area contributed by atoms with Gasteiger partial charge in [-0.15, -0.1) is 0 Å². The molecule has 18 heavy (non-hydrogen) atoms. The molecule has 0 bridgehead atoms. The Morgan fingerprint density at radius 1 is 1.50 bits per heavy atom. The molecule has 1 aliphatic heterocycles. The lowest BCUT2D eigenvalue weighted by Crippen LogP contribution is -2.35. The van der Waals surface area contributed by atoms with Crippen LogP contribution >= 0.6 is 0 Å². The highest BCUT2D eigenvalue weighted by Gasteiger charge is 2.30. The lowest BCUT2D eigenvalue weighted by atomic mass is 10.0. The van der Waals surface area contributed by atoms with Gasteiger partial charge in [0.25, 0.3) is 0 Å². The Morgan fingerprint density at radius 3 is 2.89 bits per heavy atom. The third kappa shape index (κ3) is 2.54. The van der Waals surface area contributed by atoms with Crippen LogP contribution in [0.3, 0.4) is 0 Å². The van der Waals surface area contributed by atoms with E-state index in [1.165, 1.54) is 0 Å². The van der Waals surface area contributed by atoms with Gasteiger partial charge in [0.15, 0.2) is 0 Å². The highest BCUT2D eigenvalue weighted by atomic mass is 16.3. The van der Waals surface area contributed by atoms with Crippen molar-refractivity contribution in [2.24, 2.45) is 11.7 Å². The van der Waals surface area contributed by atoms with E-state index in [9.17, 15) is 9.90 Å². The Kier molecular flexibility index (Phi) is 3.99. The maximum absolute atomic E-state index is 11.4. The Bertz CT molecular complexity index is 434. The fourth-order valence-electron chi connectivity index (χ4n) is 2.70. The number of carbonyl (C=O) groups excluding carboxylic acids is 1. The summed E-state index contributed by atoms with van der Waals surface area (Å²) in [7, 11) is 0. The van der Waals surface area contributed by atoms with Crippen molar-refractivity contribution in [2.45, 2.75) is 25.9 Å². The number of carbonyl (C=O) groups is 1. The lowest BCUT2D eigenvalue weighted by molar-refractivity contribution is 0.0996. The molecule has 1 aliphatic rings. The zero-order valence-electron chi connectivity index (χ0n) is 10.7. The van der Waals surface area contributed by atoms with Crippen LogP contribution in [-0.2, 0) is 6.54 Å². The third-order valence-corrected chi connectivity index (χ3v) is 3.84. The predicted molar refractivity (Wildman–Crippen MR) is 70.0 cm³/mol. The van der Waals surface area contributed by atoms with Crippen LogP contribution in [0.15, 0.2) is 24.3 Å². The molecular weight excluding hydrogens is 228 g/mol. The number of nitrogens with zero attached hydrogens (tertiary/aromatic N) is 1. The number of likely N-dealkylation sites (tertiary alicyclic amines) is 1. The van der Waals surface area contributed by atoms with Crippen LogP contribution in [0.4, 0.5) is 0 Å². The minimum atomic E-state index is -0.390. The maximum Gasteiger partial charge on any atom is 0.249 e. The van der Waals surface area contributed by atoms with E-state index >= 15 is 0 Å². The van der Waals surface area contributed by atoms with Gasteiger partial charge in [-0.1, -0.05) is 25.1 Å². The van der Waals surface area contributed by atoms with E-state index in [4.69, 9.17) is 5.73 Å². The zero-order valence-corrected chi connectivity index (χ0v) is 10.7. The van der Waals surface area contributed by atoms with Crippen LogP contribution in [0, 0.1) is 5.92 Å². The van der Waals surface area contributed by atoms with Crippen LogP contribution in [-0.4, -0.2) is 35.1 Å². The van der Waals surface area contributed by atoms with Gasteiger partial charge in [0.1, 0.15) is 0 Å². The van der Waals surface area contributed by atoms with Crippen molar-refractivity contribution in [1.82, 2.24) is 4.90 Å². The number of hydrogen-bond acceptors (Lipinski definition) is 3. The minimum Gasteiger partial charge on any atom is -0.395 e. The highest BCUT2D eigenvalue weighted by molar-refractivity contribution is 5.94. The number of aliphatic hydroxyl groups excluding tert-OH is 1. The molecule has 2 rings (SSSR count). The molecule has 1 amide bonds. The monoisotopic (exact) mass is 248 g/mol. The molecule has 0 aliphatic carbocycles. The second-order valence-corrected chi connectivity index (χ2v) is 5.01. The minimum absolute atomic E-state index is 0.167. The van der Waals surface area contributed by atoms with Crippen molar-refractivity contribution in [3.63, 3.8) is 0 Å². The van der Waals surface area contributed by atoms with E-state index in [1.807, 2.05) is 18.2 Å². The summed E-state index contributed by atoms with van der Waals surface area (Å²) in [5.41, 5.74) is 6.90. The number of primary amides is 1. The van der Waals surface area contributed by atoms with Crippen molar-refractivity contribution in [3.05, 3.63) is 35.4 Å². The van der Waals surface area contributed by atoms with E-state index in [-0.39, 0.29) is 12.6 Å². The summed E-state index contributed by atoms with van der Waals surface area (Å²) in [6.07, 6.45) is 1.09. The molecule has 1 saturated heterocycles. The summed E-state index contributed by atoms with van der Waals surface area (Å²) < 4.78 is 0. The van der Waals surface area contributed by atoms with E-state index in [0.29, 0.717) is 18.0 Å². The first-order valence-corrected chi connectivity index (χ1v) is 6.36. The number of benzene rings is 1. The Labute approximate surface area is 107 Å². The standard InChI is InChI=1S/C14H20N2O2/c1-10-6-7-16(13(10)9-17)8-11-4-2-3-5-12(11)14(15)18/h2-5,10,13,17H,6-9H2,1H3,(H2,15,18). The van der Waals surface area contributed by atoms with Crippen molar-refractivity contribution in [1.29, 1.82) is 0 Å². The van der Waals surface area contributed by atoms with Gasteiger partial charge in [-0.3, -0.25) is 9.69 Å². The van der Waals surface area contributed by atoms with Gasteiger partial charge >= 0.3 is 0 Å². The van der Waals surface area contributed by atoms with Crippen LogP contribution in [0.25, 0.3) is 0 Å². The van der Waals surface area contributed by atoms with Gasteiger partial charge in [-0.05, 0) is 30.5 Å². The normalized spacial score (nSPS) is 24.3. The Hall–Kier alpha value is -1.39. The van der Waals surface area contributed by atoms with Crippen LogP contribution < -0.4 is 5.73 Å². The quantitative estimate of drug-likeness (QED) is 0.835. The number of hydrogen-bond donors (Lipinski definition) is 2. The van der Waals surface area contributed by atoms with Gasteiger partial charge in [0.05, 0.1) is 6.61 Å². The van der Waals surface area contributed by atoms with Gasteiger partial charge in [-0.2, -0.15) is 0 Å². The molecular formula is C14H20N2O2. The molecule has 3 N–H and O–H groups in total. The van der Waals surface area contributed by atoms with Gasteiger partial charge in [0, 0.05) is 18.2 Å². The van der Waals surface area contributed by atoms with Gasteiger partial charge < -0.3 is 10.8 Å². The molecule has 2 atom stereocenters. The zero-order chi connectivity index (χ0) is 13.1. The topological polar surface area (TPSA) is 66.6 Å². The second kappa shape index (κ2) is 5.50. The molecule has 4 nitrogen and oxygen atoms in total. The highest BCUT2D eigenvalue weighted by Crippen LogP contribution is 2.26.